The third-order valence-electron chi connectivity index (χ3n) is 2.71. The lowest BCUT2D eigenvalue weighted by atomic mass is 10.2. The van der Waals surface area contributed by atoms with Gasteiger partial charge in [-0.15, -0.1) is 11.3 Å². The Morgan fingerprint density at radius 2 is 1.94 bits per heavy atom. The molecule has 0 radical (unpaired) electrons. The molecule has 90 valence electrons. The Labute approximate surface area is 107 Å². The Balaban J connectivity index is 2.21. The second kappa shape index (κ2) is 5.82. The topological polar surface area (TPSA) is 16.1 Å². The van der Waals surface area contributed by atoms with E-state index in [-0.39, 0.29) is 0 Å². The zero-order valence-electron chi connectivity index (χ0n) is 10.4. The van der Waals surface area contributed by atoms with E-state index >= 15 is 0 Å². The van der Waals surface area contributed by atoms with Gasteiger partial charge in [-0.3, -0.25) is 0 Å². The maximum Gasteiger partial charge on any atom is 0.185 e. The average Bonchev–Trinajstić information content (AvgIpc) is 2.86. The first kappa shape index (κ1) is 12.1. The van der Waals surface area contributed by atoms with E-state index in [9.17, 15) is 0 Å². The van der Waals surface area contributed by atoms with Crippen molar-refractivity contribution in [3.8, 4) is 11.3 Å². The maximum atomic E-state index is 4.71. The van der Waals surface area contributed by atoms with Crippen LogP contribution in [0.1, 0.15) is 20.3 Å². The van der Waals surface area contributed by atoms with E-state index in [1.54, 1.807) is 11.3 Å². The van der Waals surface area contributed by atoms with Crippen LogP contribution >= 0.6 is 11.3 Å². The zero-order valence-corrected chi connectivity index (χ0v) is 11.2. The van der Waals surface area contributed by atoms with Gasteiger partial charge in [-0.05, 0) is 13.3 Å². The molecule has 0 spiro atoms. The molecule has 0 aliphatic rings. The maximum absolute atomic E-state index is 4.71. The first-order chi connectivity index (χ1) is 8.35. The summed E-state index contributed by atoms with van der Waals surface area (Å²) in [6.07, 6.45) is 1.16. The standard InChI is InChI=1S/C14H18N2S/c1-3-10-16(4-2)14-15-13(11-17-14)12-8-6-5-7-9-12/h5-9,11H,3-4,10H2,1-2H3. The largest absolute Gasteiger partial charge is 0.348 e. The summed E-state index contributed by atoms with van der Waals surface area (Å²) in [7, 11) is 0. The van der Waals surface area contributed by atoms with Crippen molar-refractivity contribution < 1.29 is 0 Å². The van der Waals surface area contributed by atoms with Crippen LogP contribution in [0.15, 0.2) is 35.7 Å². The summed E-state index contributed by atoms with van der Waals surface area (Å²) < 4.78 is 0. The molecule has 0 atom stereocenters. The number of nitrogens with zero attached hydrogens (tertiary/aromatic N) is 2. The summed E-state index contributed by atoms with van der Waals surface area (Å²) in [5, 5.41) is 3.27. The van der Waals surface area contributed by atoms with Crippen molar-refractivity contribution in [3.05, 3.63) is 35.7 Å². The van der Waals surface area contributed by atoms with Gasteiger partial charge in [-0.25, -0.2) is 4.98 Å². The van der Waals surface area contributed by atoms with Crippen molar-refractivity contribution in [3.63, 3.8) is 0 Å². The molecule has 0 N–H and O–H groups in total. The van der Waals surface area contributed by atoms with Crippen molar-refractivity contribution in [2.45, 2.75) is 20.3 Å². The van der Waals surface area contributed by atoms with E-state index in [1.807, 2.05) is 6.07 Å². The number of hydrogen-bond donors (Lipinski definition) is 0. The van der Waals surface area contributed by atoms with Crippen LogP contribution in [0.4, 0.5) is 5.13 Å². The van der Waals surface area contributed by atoms with E-state index in [0.29, 0.717) is 0 Å². The van der Waals surface area contributed by atoms with Gasteiger partial charge in [-0.1, -0.05) is 37.3 Å². The van der Waals surface area contributed by atoms with Crippen LogP contribution in [0.25, 0.3) is 11.3 Å². The minimum absolute atomic E-state index is 1.02. The van der Waals surface area contributed by atoms with Crippen LogP contribution in [-0.2, 0) is 0 Å². The fraction of sp³-hybridized carbons (Fsp3) is 0.357. The summed E-state index contributed by atoms with van der Waals surface area (Å²) in [4.78, 5) is 7.05. The molecule has 0 aliphatic carbocycles. The van der Waals surface area contributed by atoms with Gasteiger partial charge in [0.05, 0.1) is 5.69 Å². The molecular formula is C14H18N2S. The highest BCUT2D eigenvalue weighted by Crippen LogP contribution is 2.27. The van der Waals surface area contributed by atoms with E-state index in [0.717, 1.165) is 30.3 Å². The number of hydrogen-bond acceptors (Lipinski definition) is 3. The Bertz CT molecular complexity index is 450. The summed E-state index contributed by atoms with van der Waals surface area (Å²) in [6.45, 7) is 6.49. The third-order valence-corrected chi connectivity index (χ3v) is 3.61. The molecular weight excluding hydrogens is 228 g/mol. The Morgan fingerprint density at radius 3 is 2.59 bits per heavy atom. The normalized spacial score (nSPS) is 10.5. The highest BCUT2D eigenvalue weighted by Gasteiger charge is 2.09. The predicted octanol–water partition coefficient (Wildman–Crippen LogP) is 4.05. The molecule has 1 aromatic carbocycles. The van der Waals surface area contributed by atoms with Gasteiger partial charge in [0.2, 0.25) is 0 Å². The van der Waals surface area contributed by atoms with Crippen LogP contribution in [0.5, 0.6) is 0 Å². The van der Waals surface area contributed by atoms with Gasteiger partial charge in [-0.2, -0.15) is 0 Å². The lowest BCUT2D eigenvalue weighted by Gasteiger charge is -2.18. The summed E-state index contributed by atoms with van der Waals surface area (Å²) >= 11 is 1.73. The van der Waals surface area contributed by atoms with E-state index < -0.39 is 0 Å². The molecule has 0 saturated heterocycles. The minimum Gasteiger partial charge on any atom is -0.348 e. The molecule has 0 aliphatic heterocycles. The molecule has 0 unspecified atom stereocenters. The Kier molecular flexibility index (Phi) is 4.15. The molecule has 3 heteroatoms. The van der Waals surface area contributed by atoms with E-state index in [2.05, 4.69) is 48.4 Å². The van der Waals surface area contributed by atoms with Crippen LogP contribution in [0, 0.1) is 0 Å². The monoisotopic (exact) mass is 246 g/mol. The van der Waals surface area contributed by atoms with E-state index in [1.165, 1.54) is 5.56 Å². The molecule has 2 rings (SSSR count). The molecule has 0 fully saturated rings. The molecule has 0 saturated carbocycles. The molecule has 1 aromatic heterocycles. The van der Waals surface area contributed by atoms with Gasteiger partial charge in [0, 0.05) is 24.0 Å². The van der Waals surface area contributed by atoms with Crippen LogP contribution in [0.3, 0.4) is 0 Å². The lowest BCUT2D eigenvalue weighted by molar-refractivity contribution is 0.788. The molecule has 2 aromatic rings. The van der Waals surface area contributed by atoms with Crippen molar-refractivity contribution >= 4 is 16.5 Å². The number of anilines is 1. The molecule has 0 bridgehead atoms. The highest BCUT2D eigenvalue weighted by atomic mass is 32.1. The van der Waals surface area contributed by atoms with Crippen molar-refractivity contribution in [1.29, 1.82) is 0 Å². The van der Waals surface area contributed by atoms with Gasteiger partial charge >= 0.3 is 0 Å². The first-order valence-electron chi connectivity index (χ1n) is 6.11. The summed E-state index contributed by atoms with van der Waals surface area (Å²) in [5.41, 5.74) is 2.28. The molecule has 0 amide bonds. The van der Waals surface area contributed by atoms with E-state index in [4.69, 9.17) is 4.98 Å². The number of thiazole rings is 1. The van der Waals surface area contributed by atoms with Crippen molar-refractivity contribution in [1.82, 2.24) is 4.98 Å². The quantitative estimate of drug-likeness (QED) is 0.791. The smallest absolute Gasteiger partial charge is 0.185 e. The third kappa shape index (κ3) is 2.86. The number of rotatable bonds is 5. The fourth-order valence-corrected chi connectivity index (χ4v) is 2.74. The van der Waals surface area contributed by atoms with Crippen LogP contribution in [0.2, 0.25) is 0 Å². The SMILES string of the molecule is CCCN(CC)c1nc(-c2ccccc2)cs1. The summed E-state index contributed by atoms with van der Waals surface area (Å²) in [5.74, 6) is 0. The van der Waals surface area contributed by atoms with Gasteiger partial charge in [0.25, 0.3) is 0 Å². The van der Waals surface area contributed by atoms with Crippen molar-refractivity contribution in [2.24, 2.45) is 0 Å². The Morgan fingerprint density at radius 1 is 1.18 bits per heavy atom. The van der Waals surface area contributed by atoms with Gasteiger partial charge in [0.1, 0.15) is 0 Å². The van der Waals surface area contributed by atoms with Gasteiger partial charge < -0.3 is 4.90 Å². The molecule has 17 heavy (non-hydrogen) atoms. The fourth-order valence-electron chi connectivity index (χ4n) is 1.81. The second-order valence-electron chi connectivity index (χ2n) is 3.96. The Hall–Kier alpha value is -1.35. The second-order valence-corrected chi connectivity index (χ2v) is 4.80. The van der Waals surface area contributed by atoms with Crippen molar-refractivity contribution in [2.75, 3.05) is 18.0 Å². The highest BCUT2D eigenvalue weighted by molar-refractivity contribution is 7.14. The van der Waals surface area contributed by atoms with Crippen LogP contribution < -0.4 is 4.90 Å². The summed E-state index contributed by atoms with van der Waals surface area (Å²) in [6, 6.07) is 10.4. The first-order valence-corrected chi connectivity index (χ1v) is 6.99. The lowest BCUT2D eigenvalue weighted by Crippen LogP contribution is -2.23. The zero-order chi connectivity index (χ0) is 12.1. The molecule has 1 heterocycles. The number of benzene rings is 1. The minimum atomic E-state index is 1.02. The average molecular weight is 246 g/mol. The van der Waals surface area contributed by atoms with Gasteiger partial charge in [0.15, 0.2) is 5.13 Å². The predicted molar refractivity (Wildman–Crippen MR) is 75.7 cm³/mol. The molecule has 2 nitrogen and oxygen atoms in total. The number of aromatic nitrogens is 1. The van der Waals surface area contributed by atoms with Crippen LogP contribution in [-0.4, -0.2) is 18.1 Å².